The number of benzene rings is 1. The summed E-state index contributed by atoms with van der Waals surface area (Å²) < 4.78 is 10.5. The van der Waals surface area contributed by atoms with Crippen molar-refractivity contribution in [2.75, 3.05) is 19.5 Å². The first-order valence-electron chi connectivity index (χ1n) is 6.97. The Labute approximate surface area is 134 Å². The maximum absolute atomic E-state index is 12.2. The van der Waals surface area contributed by atoms with Crippen LogP contribution in [0.2, 0.25) is 0 Å². The van der Waals surface area contributed by atoms with Gasteiger partial charge in [0.25, 0.3) is 0 Å². The number of ether oxygens (including phenoxy) is 2. The number of methoxy groups -OCH3 is 2. The molecule has 0 saturated heterocycles. The number of carbonyl (C=O) groups excluding carboxylic acids is 1. The Kier molecular flexibility index (Phi) is 5.38. The van der Waals surface area contributed by atoms with Crippen LogP contribution in [0.15, 0.2) is 23.6 Å². The number of aryl methyl sites for hydroxylation is 1. The van der Waals surface area contributed by atoms with Gasteiger partial charge < -0.3 is 14.8 Å². The maximum atomic E-state index is 12.2. The zero-order valence-electron chi connectivity index (χ0n) is 13.2. The van der Waals surface area contributed by atoms with Crippen LogP contribution < -0.4 is 14.8 Å². The van der Waals surface area contributed by atoms with Crippen molar-refractivity contribution in [3.63, 3.8) is 0 Å². The minimum atomic E-state index is -0.165. The van der Waals surface area contributed by atoms with Gasteiger partial charge in [-0.25, -0.2) is 4.98 Å². The molecule has 0 spiro atoms. The lowest BCUT2D eigenvalue weighted by Crippen LogP contribution is -2.22. The van der Waals surface area contributed by atoms with Gasteiger partial charge in [0.1, 0.15) is 0 Å². The van der Waals surface area contributed by atoms with Crippen LogP contribution in [0.5, 0.6) is 11.5 Å². The van der Waals surface area contributed by atoms with Gasteiger partial charge in [-0.05, 0) is 31.0 Å². The molecule has 0 bridgehead atoms. The van der Waals surface area contributed by atoms with Crippen molar-refractivity contribution in [2.45, 2.75) is 20.3 Å². The quantitative estimate of drug-likeness (QED) is 0.887. The molecule has 0 radical (unpaired) electrons. The molecule has 2 rings (SSSR count). The average molecular weight is 320 g/mol. The number of thiazole rings is 1. The number of carbonyl (C=O) groups is 1. The molecule has 22 heavy (non-hydrogen) atoms. The molecule has 1 unspecified atom stereocenters. The Balaban J connectivity index is 2.01. The maximum Gasteiger partial charge on any atom is 0.229 e. The summed E-state index contributed by atoms with van der Waals surface area (Å²) in [7, 11) is 3.20. The standard InChI is InChI=1S/C16H20N2O3S/c1-10(15(19)18-16-17-11(2)9-22-16)7-12-5-6-13(20-3)14(8-12)21-4/h5-6,8-10H,7H2,1-4H3,(H,17,18,19). The fourth-order valence-electron chi connectivity index (χ4n) is 2.09. The molecule has 1 aromatic carbocycles. The van der Waals surface area contributed by atoms with Gasteiger partial charge in [0.15, 0.2) is 16.6 Å². The van der Waals surface area contributed by atoms with E-state index in [-0.39, 0.29) is 11.8 Å². The predicted octanol–water partition coefficient (Wildman–Crippen LogP) is 3.29. The lowest BCUT2D eigenvalue weighted by atomic mass is 10.00. The van der Waals surface area contributed by atoms with Crippen LogP contribution >= 0.6 is 11.3 Å². The molecule has 1 heterocycles. The van der Waals surface area contributed by atoms with Gasteiger partial charge in [-0.2, -0.15) is 0 Å². The van der Waals surface area contributed by atoms with Crippen LogP contribution in [0.1, 0.15) is 18.2 Å². The van der Waals surface area contributed by atoms with E-state index in [1.165, 1.54) is 11.3 Å². The highest BCUT2D eigenvalue weighted by Crippen LogP contribution is 2.28. The van der Waals surface area contributed by atoms with Crippen LogP contribution in [-0.4, -0.2) is 25.1 Å². The third kappa shape index (κ3) is 3.98. The van der Waals surface area contributed by atoms with Crippen molar-refractivity contribution in [1.29, 1.82) is 0 Å². The Hall–Kier alpha value is -2.08. The molecule has 118 valence electrons. The van der Waals surface area contributed by atoms with Gasteiger partial charge >= 0.3 is 0 Å². The Morgan fingerprint density at radius 2 is 2.05 bits per heavy atom. The summed E-state index contributed by atoms with van der Waals surface area (Å²) in [6, 6.07) is 5.69. The molecule has 0 aliphatic heterocycles. The van der Waals surface area contributed by atoms with Crippen LogP contribution in [0.3, 0.4) is 0 Å². The molecule has 6 heteroatoms. The smallest absolute Gasteiger partial charge is 0.229 e. The monoisotopic (exact) mass is 320 g/mol. The highest BCUT2D eigenvalue weighted by atomic mass is 32.1. The first kappa shape index (κ1) is 16.3. The fourth-order valence-corrected chi connectivity index (χ4v) is 2.78. The summed E-state index contributed by atoms with van der Waals surface area (Å²) in [5.74, 6) is 1.15. The van der Waals surface area contributed by atoms with Crippen molar-refractivity contribution in [3.8, 4) is 11.5 Å². The predicted molar refractivity (Wildman–Crippen MR) is 87.9 cm³/mol. The molecular formula is C16H20N2O3S. The van der Waals surface area contributed by atoms with E-state index < -0.39 is 0 Å². The SMILES string of the molecule is COc1ccc(CC(C)C(=O)Nc2nc(C)cs2)cc1OC. The third-order valence-electron chi connectivity index (χ3n) is 3.29. The van der Waals surface area contributed by atoms with Crippen LogP contribution in [0, 0.1) is 12.8 Å². The molecule has 0 aliphatic carbocycles. The molecule has 1 aromatic heterocycles. The lowest BCUT2D eigenvalue weighted by Gasteiger charge is -2.13. The van der Waals surface area contributed by atoms with Crippen molar-refractivity contribution in [2.24, 2.45) is 5.92 Å². The highest BCUT2D eigenvalue weighted by Gasteiger charge is 2.16. The van der Waals surface area contributed by atoms with Gasteiger partial charge in [0, 0.05) is 11.3 Å². The number of hydrogen-bond donors (Lipinski definition) is 1. The number of nitrogens with one attached hydrogen (secondary N) is 1. The topological polar surface area (TPSA) is 60.5 Å². The van der Waals surface area contributed by atoms with E-state index in [1.807, 2.05) is 37.4 Å². The number of aromatic nitrogens is 1. The first-order chi connectivity index (χ1) is 10.5. The summed E-state index contributed by atoms with van der Waals surface area (Å²) >= 11 is 1.43. The Morgan fingerprint density at radius 1 is 1.32 bits per heavy atom. The first-order valence-corrected chi connectivity index (χ1v) is 7.85. The summed E-state index contributed by atoms with van der Waals surface area (Å²) in [4.78, 5) is 16.4. The van der Waals surface area contributed by atoms with E-state index >= 15 is 0 Å². The molecule has 1 amide bonds. The number of hydrogen-bond acceptors (Lipinski definition) is 5. The molecule has 0 saturated carbocycles. The van der Waals surface area contributed by atoms with Crippen LogP contribution in [0.25, 0.3) is 0 Å². The van der Waals surface area contributed by atoms with E-state index in [0.717, 1.165) is 11.3 Å². The average Bonchev–Trinajstić information content (AvgIpc) is 2.92. The highest BCUT2D eigenvalue weighted by molar-refractivity contribution is 7.13. The minimum Gasteiger partial charge on any atom is -0.493 e. The van der Waals surface area contributed by atoms with Crippen molar-refractivity contribution >= 4 is 22.4 Å². The summed E-state index contributed by atoms with van der Waals surface area (Å²) in [6.07, 6.45) is 0.622. The van der Waals surface area contributed by atoms with E-state index in [2.05, 4.69) is 10.3 Å². The van der Waals surface area contributed by atoms with E-state index in [4.69, 9.17) is 9.47 Å². The second-order valence-electron chi connectivity index (χ2n) is 5.08. The van der Waals surface area contributed by atoms with Gasteiger partial charge in [-0.15, -0.1) is 11.3 Å². The zero-order chi connectivity index (χ0) is 16.1. The second kappa shape index (κ2) is 7.26. The number of rotatable bonds is 6. The van der Waals surface area contributed by atoms with Crippen molar-refractivity contribution in [1.82, 2.24) is 4.98 Å². The molecule has 1 N–H and O–H groups in total. The van der Waals surface area contributed by atoms with Crippen molar-refractivity contribution < 1.29 is 14.3 Å². The van der Waals surface area contributed by atoms with Crippen molar-refractivity contribution in [3.05, 3.63) is 34.8 Å². The van der Waals surface area contributed by atoms with E-state index in [1.54, 1.807) is 14.2 Å². The van der Waals surface area contributed by atoms with E-state index in [9.17, 15) is 4.79 Å². The second-order valence-corrected chi connectivity index (χ2v) is 5.94. The zero-order valence-corrected chi connectivity index (χ0v) is 14.0. The summed E-state index contributed by atoms with van der Waals surface area (Å²) in [5, 5.41) is 5.40. The molecule has 1 atom stereocenters. The molecule has 0 aliphatic rings. The number of anilines is 1. The largest absolute Gasteiger partial charge is 0.493 e. The lowest BCUT2D eigenvalue weighted by molar-refractivity contribution is -0.119. The van der Waals surface area contributed by atoms with Gasteiger partial charge in [-0.1, -0.05) is 13.0 Å². The van der Waals surface area contributed by atoms with E-state index in [0.29, 0.717) is 23.1 Å². The number of nitrogens with zero attached hydrogens (tertiary/aromatic N) is 1. The van der Waals surface area contributed by atoms with Gasteiger partial charge in [0.2, 0.25) is 5.91 Å². The van der Waals surface area contributed by atoms with Crippen LogP contribution in [-0.2, 0) is 11.2 Å². The molecular weight excluding hydrogens is 300 g/mol. The van der Waals surface area contributed by atoms with Gasteiger partial charge in [0.05, 0.1) is 19.9 Å². The third-order valence-corrected chi connectivity index (χ3v) is 4.16. The Morgan fingerprint density at radius 3 is 2.64 bits per heavy atom. The summed E-state index contributed by atoms with van der Waals surface area (Å²) in [5.41, 5.74) is 1.93. The molecule has 5 nitrogen and oxygen atoms in total. The minimum absolute atomic E-state index is 0.0378. The Bertz CT molecular complexity index is 655. The number of amides is 1. The normalized spacial score (nSPS) is 11.8. The van der Waals surface area contributed by atoms with Gasteiger partial charge in [-0.3, -0.25) is 4.79 Å². The van der Waals surface area contributed by atoms with Crippen LogP contribution in [0.4, 0.5) is 5.13 Å². The summed E-state index contributed by atoms with van der Waals surface area (Å²) in [6.45, 7) is 3.80. The fraction of sp³-hybridized carbons (Fsp3) is 0.375. The molecule has 0 fully saturated rings. The molecule has 2 aromatic rings.